The van der Waals surface area contributed by atoms with Crippen molar-refractivity contribution in [2.75, 3.05) is 31.6 Å². The first-order valence-corrected chi connectivity index (χ1v) is 8.15. The maximum absolute atomic E-state index is 11.7. The van der Waals surface area contributed by atoms with E-state index in [4.69, 9.17) is 0 Å². The van der Waals surface area contributed by atoms with Crippen molar-refractivity contribution >= 4 is 15.9 Å². The number of amides is 2. The molecule has 0 saturated carbocycles. The first-order valence-electron chi connectivity index (χ1n) is 6.09. The van der Waals surface area contributed by atoms with Gasteiger partial charge < -0.3 is 10.2 Å². The molecule has 0 aromatic carbocycles. The summed E-state index contributed by atoms with van der Waals surface area (Å²) in [6.45, 7) is 4.23. The lowest BCUT2D eigenvalue weighted by Gasteiger charge is -2.30. The number of nitrogens with one attached hydrogen (secondary N) is 1. The van der Waals surface area contributed by atoms with Crippen molar-refractivity contribution in [3.8, 4) is 0 Å². The summed E-state index contributed by atoms with van der Waals surface area (Å²) < 4.78 is 21.8. The minimum atomic E-state index is -2.92. The second-order valence-corrected chi connectivity index (χ2v) is 7.14. The zero-order chi connectivity index (χ0) is 12.9. The standard InChI is InChI=1S/C11H22N2O3S/c1-10-4-7-13(8-5-10)11(14)12-6-3-9-17(2,15)16/h10H,3-9H2,1-2H3,(H,12,14). The van der Waals surface area contributed by atoms with Crippen molar-refractivity contribution < 1.29 is 13.2 Å². The molecule has 0 bridgehead atoms. The van der Waals surface area contributed by atoms with Gasteiger partial charge in [0.05, 0.1) is 5.75 Å². The van der Waals surface area contributed by atoms with E-state index in [0.717, 1.165) is 25.9 Å². The van der Waals surface area contributed by atoms with Crippen LogP contribution in [0.5, 0.6) is 0 Å². The first-order chi connectivity index (χ1) is 7.88. The second kappa shape index (κ2) is 6.23. The highest BCUT2D eigenvalue weighted by Gasteiger charge is 2.19. The van der Waals surface area contributed by atoms with Crippen LogP contribution in [0.25, 0.3) is 0 Å². The van der Waals surface area contributed by atoms with Gasteiger partial charge in [0.2, 0.25) is 0 Å². The molecule has 1 saturated heterocycles. The summed E-state index contributed by atoms with van der Waals surface area (Å²) in [6.07, 6.45) is 3.79. The van der Waals surface area contributed by atoms with Crippen molar-refractivity contribution in [2.24, 2.45) is 5.92 Å². The highest BCUT2D eigenvalue weighted by molar-refractivity contribution is 7.90. The van der Waals surface area contributed by atoms with E-state index in [9.17, 15) is 13.2 Å². The Labute approximate surface area is 103 Å². The zero-order valence-corrected chi connectivity index (χ0v) is 11.4. The zero-order valence-electron chi connectivity index (χ0n) is 10.6. The molecular weight excluding hydrogens is 240 g/mol. The van der Waals surface area contributed by atoms with E-state index in [-0.39, 0.29) is 11.8 Å². The van der Waals surface area contributed by atoms with Crippen molar-refractivity contribution in [2.45, 2.75) is 26.2 Å². The van der Waals surface area contributed by atoms with Gasteiger partial charge in [-0.15, -0.1) is 0 Å². The number of urea groups is 1. The van der Waals surface area contributed by atoms with Crippen LogP contribution in [0, 0.1) is 5.92 Å². The van der Waals surface area contributed by atoms with Crippen LogP contribution in [0.2, 0.25) is 0 Å². The molecule has 2 amide bonds. The summed E-state index contributed by atoms with van der Waals surface area (Å²) in [6, 6.07) is -0.0644. The summed E-state index contributed by atoms with van der Waals surface area (Å²) in [4.78, 5) is 13.5. The third kappa shape index (κ3) is 5.91. The molecular formula is C11H22N2O3S. The van der Waals surface area contributed by atoms with Crippen LogP contribution < -0.4 is 5.32 Å². The number of likely N-dealkylation sites (tertiary alicyclic amines) is 1. The van der Waals surface area contributed by atoms with E-state index in [1.165, 1.54) is 6.26 Å². The molecule has 1 rings (SSSR count). The fourth-order valence-electron chi connectivity index (χ4n) is 1.85. The van der Waals surface area contributed by atoms with Crippen LogP contribution in [0.3, 0.4) is 0 Å². The van der Waals surface area contributed by atoms with E-state index >= 15 is 0 Å². The molecule has 0 atom stereocenters. The van der Waals surface area contributed by atoms with E-state index in [2.05, 4.69) is 12.2 Å². The number of hydrogen-bond donors (Lipinski definition) is 1. The molecule has 1 fully saturated rings. The third-order valence-corrected chi connectivity index (χ3v) is 4.07. The molecule has 1 aliphatic heterocycles. The third-order valence-electron chi connectivity index (χ3n) is 3.04. The fraction of sp³-hybridized carbons (Fsp3) is 0.909. The predicted octanol–water partition coefficient (Wildman–Crippen LogP) is 0.863. The SMILES string of the molecule is CC1CCN(C(=O)NCCCS(C)(=O)=O)CC1. The number of hydrogen-bond acceptors (Lipinski definition) is 3. The van der Waals surface area contributed by atoms with Gasteiger partial charge >= 0.3 is 6.03 Å². The van der Waals surface area contributed by atoms with Gasteiger partial charge in [-0.05, 0) is 25.2 Å². The molecule has 1 N–H and O–H groups in total. The maximum Gasteiger partial charge on any atom is 0.317 e. The summed E-state index contributed by atoms with van der Waals surface area (Å²) in [7, 11) is -2.92. The molecule has 0 radical (unpaired) electrons. The van der Waals surface area contributed by atoms with Gasteiger partial charge in [-0.1, -0.05) is 6.92 Å². The second-order valence-electron chi connectivity index (χ2n) is 4.88. The number of carbonyl (C=O) groups excluding carboxylic acids is 1. The highest BCUT2D eigenvalue weighted by atomic mass is 32.2. The van der Waals surface area contributed by atoms with Crippen molar-refractivity contribution in [1.82, 2.24) is 10.2 Å². The number of nitrogens with zero attached hydrogens (tertiary/aromatic N) is 1. The van der Waals surface area contributed by atoms with Gasteiger partial charge in [-0.25, -0.2) is 13.2 Å². The minimum Gasteiger partial charge on any atom is -0.338 e. The number of piperidine rings is 1. The van der Waals surface area contributed by atoms with Crippen LogP contribution >= 0.6 is 0 Å². The topological polar surface area (TPSA) is 66.5 Å². The van der Waals surface area contributed by atoms with Gasteiger partial charge in [0, 0.05) is 25.9 Å². The van der Waals surface area contributed by atoms with Crippen molar-refractivity contribution in [3.63, 3.8) is 0 Å². The molecule has 6 heteroatoms. The molecule has 0 aliphatic carbocycles. The maximum atomic E-state index is 11.7. The van der Waals surface area contributed by atoms with Crippen molar-refractivity contribution in [1.29, 1.82) is 0 Å². The lowest BCUT2D eigenvalue weighted by Crippen LogP contribution is -2.44. The quantitative estimate of drug-likeness (QED) is 0.764. The molecule has 0 aromatic heterocycles. The van der Waals surface area contributed by atoms with E-state index in [1.807, 2.05) is 0 Å². The molecule has 17 heavy (non-hydrogen) atoms. The average molecular weight is 262 g/mol. The molecule has 100 valence electrons. The van der Waals surface area contributed by atoms with Crippen LogP contribution in [0.15, 0.2) is 0 Å². The molecule has 1 aliphatic rings. The van der Waals surface area contributed by atoms with E-state index < -0.39 is 9.84 Å². The number of sulfone groups is 1. The Kier molecular flexibility index (Phi) is 5.24. The average Bonchev–Trinajstić information content (AvgIpc) is 2.24. The Hall–Kier alpha value is -0.780. The summed E-state index contributed by atoms with van der Waals surface area (Å²) >= 11 is 0. The lowest BCUT2D eigenvalue weighted by atomic mass is 10.00. The van der Waals surface area contributed by atoms with Crippen LogP contribution in [0.1, 0.15) is 26.2 Å². The molecule has 1 heterocycles. The van der Waals surface area contributed by atoms with Crippen LogP contribution in [-0.4, -0.2) is 51.0 Å². The largest absolute Gasteiger partial charge is 0.338 e. The summed E-state index contributed by atoms with van der Waals surface area (Å²) in [5, 5.41) is 2.76. The summed E-state index contributed by atoms with van der Waals surface area (Å²) in [5.74, 6) is 0.828. The summed E-state index contributed by atoms with van der Waals surface area (Å²) in [5.41, 5.74) is 0. The first kappa shape index (κ1) is 14.3. The van der Waals surface area contributed by atoms with Crippen LogP contribution in [-0.2, 0) is 9.84 Å². The van der Waals surface area contributed by atoms with Crippen molar-refractivity contribution in [3.05, 3.63) is 0 Å². The molecule has 0 spiro atoms. The van der Waals surface area contributed by atoms with Gasteiger partial charge in [-0.2, -0.15) is 0 Å². The van der Waals surface area contributed by atoms with Gasteiger partial charge in [0.15, 0.2) is 0 Å². The minimum absolute atomic E-state index is 0.0644. The van der Waals surface area contributed by atoms with Crippen LogP contribution in [0.4, 0.5) is 4.79 Å². The van der Waals surface area contributed by atoms with E-state index in [0.29, 0.717) is 18.9 Å². The van der Waals surface area contributed by atoms with E-state index in [1.54, 1.807) is 4.90 Å². The normalized spacial score (nSPS) is 18.1. The molecule has 5 nitrogen and oxygen atoms in total. The molecule has 0 aromatic rings. The Balaban J connectivity index is 2.17. The lowest BCUT2D eigenvalue weighted by molar-refractivity contribution is 0.174. The Morgan fingerprint density at radius 1 is 1.35 bits per heavy atom. The number of carbonyl (C=O) groups is 1. The Morgan fingerprint density at radius 3 is 2.47 bits per heavy atom. The Bertz CT molecular complexity index is 346. The number of rotatable bonds is 4. The Morgan fingerprint density at radius 2 is 1.94 bits per heavy atom. The monoisotopic (exact) mass is 262 g/mol. The van der Waals surface area contributed by atoms with Gasteiger partial charge in [0.25, 0.3) is 0 Å². The predicted molar refractivity (Wildman–Crippen MR) is 67.7 cm³/mol. The fourth-order valence-corrected chi connectivity index (χ4v) is 2.52. The highest BCUT2D eigenvalue weighted by Crippen LogP contribution is 2.15. The smallest absolute Gasteiger partial charge is 0.317 e. The molecule has 0 unspecified atom stereocenters. The van der Waals surface area contributed by atoms with Gasteiger partial charge in [0.1, 0.15) is 9.84 Å². The van der Waals surface area contributed by atoms with Gasteiger partial charge in [-0.3, -0.25) is 0 Å².